The Morgan fingerprint density at radius 3 is 2.53 bits per heavy atom. The standard InChI is InChI=1S/C13H9BrN2S/c14-9-5-1-3-7-11(9)16-12-8-4-2-6-10(12)15-13(16)17/h1-8H,(H,15,17). The van der Waals surface area contributed by atoms with Gasteiger partial charge in [-0.2, -0.15) is 0 Å². The van der Waals surface area contributed by atoms with Gasteiger partial charge in [0.05, 0.1) is 16.7 Å². The minimum absolute atomic E-state index is 0.707. The average Bonchev–Trinajstić information content (AvgIpc) is 2.66. The predicted octanol–water partition coefficient (Wildman–Crippen LogP) is 4.45. The third-order valence-corrected chi connectivity index (χ3v) is 3.64. The van der Waals surface area contributed by atoms with Gasteiger partial charge in [-0.1, -0.05) is 24.3 Å². The normalized spacial score (nSPS) is 10.9. The summed E-state index contributed by atoms with van der Waals surface area (Å²) in [5, 5.41) is 0. The quantitative estimate of drug-likeness (QED) is 0.659. The maximum Gasteiger partial charge on any atom is 0.182 e. The molecular formula is C13H9BrN2S. The van der Waals surface area contributed by atoms with E-state index in [0.717, 1.165) is 21.2 Å². The Morgan fingerprint density at radius 2 is 1.71 bits per heavy atom. The van der Waals surface area contributed by atoms with Gasteiger partial charge in [-0.25, -0.2) is 0 Å². The molecule has 0 saturated heterocycles. The molecule has 0 aliphatic rings. The number of hydrogen-bond acceptors (Lipinski definition) is 1. The predicted molar refractivity (Wildman–Crippen MR) is 76.2 cm³/mol. The van der Waals surface area contributed by atoms with Crippen molar-refractivity contribution in [1.82, 2.24) is 9.55 Å². The van der Waals surface area contributed by atoms with Gasteiger partial charge in [-0.3, -0.25) is 4.57 Å². The molecule has 0 atom stereocenters. The molecule has 17 heavy (non-hydrogen) atoms. The van der Waals surface area contributed by atoms with Crippen molar-refractivity contribution in [3.63, 3.8) is 0 Å². The van der Waals surface area contributed by atoms with Crippen molar-refractivity contribution in [2.75, 3.05) is 0 Å². The Hall–Kier alpha value is -1.39. The lowest BCUT2D eigenvalue weighted by atomic mass is 10.3. The first-order chi connectivity index (χ1) is 8.27. The molecule has 0 unspecified atom stereocenters. The molecule has 0 fully saturated rings. The lowest BCUT2D eigenvalue weighted by Gasteiger charge is -2.06. The van der Waals surface area contributed by atoms with Crippen LogP contribution in [0.15, 0.2) is 53.0 Å². The zero-order chi connectivity index (χ0) is 11.8. The van der Waals surface area contributed by atoms with E-state index in [9.17, 15) is 0 Å². The first-order valence-electron chi connectivity index (χ1n) is 5.22. The number of fused-ring (bicyclic) bond motifs is 1. The highest BCUT2D eigenvalue weighted by Crippen LogP contribution is 2.25. The van der Waals surface area contributed by atoms with Gasteiger partial charge < -0.3 is 4.98 Å². The fourth-order valence-electron chi connectivity index (χ4n) is 1.93. The van der Waals surface area contributed by atoms with Crippen LogP contribution in [0, 0.1) is 4.77 Å². The first kappa shape index (κ1) is 10.7. The van der Waals surface area contributed by atoms with E-state index in [4.69, 9.17) is 12.2 Å². The molecule has 3 aromatic rings. The van der Waals surface area contributed by atoms with E-state index < -0.39 is 0 Å². The number of benzene rings is 2. The summed E-state index contributed by atoms with van der Waals surface area (Å²) in [5.74, 6) is 0. The number of halogens is 1. The zero-order valence-corrected chi connectivity index (χ0v) is 11.3. The second kappa shape index (κ2) is 4.13. The minimum Gasteiger partial charge on any atom is -0.330 e. The molecule has 3 rings (SSSR count). The van der Waals surface area contributed by atoms with Crippen LogP contribution in [-0.2, 0) is 0 Å². The largest absolute Gasteiger partial charge is 0.330 e. The van der Waals surface area contributed by atoms with E-state index in [0.29, 0.717) is 4.77 Å². The van der Waals surface area contributed by atoms with Gasteiger partial charge in [0, 0.05) is 4.47 Å². The van der Waals surface area contributed by atoms with Gasteiger partial charge in [0.15, 0.2) is 4.77 Å². The molecule has 1 N–H and O–H groups in total. The van der Waals surface area contributed by atoms with E-state index in [-0.39, 0.29) is 0 Å². The van der Waals surface area contributed by atoms with Crippen molar-refractivity contribution in [3.05, 3.63) is 57.8 Å². The smallest absolute Gasteiger partial charge is 0.182 e. The number of H-pyrrole nitrogens is 1. The highest BCUT2D eigenvalue weighted by atomic mass is 79.9. The van der Waals surface area contributed by atoms with Gasteiger partial charge in [0.1, 0.15) is 0 Å². The summed E-state index contributed by atoms with van der Waals surface area (Å²) in [4.78, 5) is 3.21. The maximum atomic E-state index is 5.38. The number of rotatable bonds is 1. The van der Waals surface area contributed by atoms with Crippen molar-refractivity contribution >= 4 is 39.2 Å². The summed E-state index contributed by atoms with van der Waals surface area (Å²) in [6.07, 6.45) is 0. The summed E-state index contributed by atoms with van der Waals surface area (Å²) in [6, 6.07) is 16.1. The highest BCUT2D eigenvalue weighted by Gasteiger charge is 2.07. The molecular weight excluding hydrogens is 296 g/mol. The highest BCUT2D eigenvalue weighted by molar-refractivity contribution is 9.10. The summed E-state index contributed by atoms with van der Waals surface area (Å²) in [5.41, 5.74) is 3.19. The van der Waals surface area contributed by atoms with Gasteiger partial charge >= 0.3 is 0 Å². The van der Waals surface area contributed by atoms with Crippen LogP contribution >= 0.6 is 28.1 Å². The van der Waals surface area contributed by atoms with Crippen LogP contribution < -0.4 is 0 Å². The Kier molecular flexibility index (Phi) is 2.61. The lowest BCUT2D eigenvalue weighted by Crippen LogP contribution is -1.94. The summed E-state index contributed by atoms with van der Waals surface area (Å²) in [6.45, 7) is 0. The fourth-order valence-corrected chi connectivity index (χ4v) is 2.70. The number of aromatic amines is 1. The van der Waals surface area contributed by atoms with Crippen LogP contribution in [0.3, 0.4) is 0 Å². The molecule has 84 valence electrons. The monoisotopic (exact) mass is 304 g/mol. The SMILES string of the molecule is S=c1[nH]c2ccccc2n1-c1ccccc1Br. The van der Waals surface area contributed by atoms with Crippen molar-refractivity contribution < 1.29 is 0 Å². The Bertz CT molecular complexity index is 742. The molecule has 0 aliphatic heterocycles. The number of para-hydroxylation sites is 3. The number of nitrogens with zero attached hydrogens (tertiary/aromatic N) is 1. The molecule has 2 aromatic carbocycles. The van der Waals surface area contributed by atoms with Gasteiger partial charge in [0.25, 0.3) is 0 Å². The molecule has 0 spiro atoms. The van der Waals surface area contributed by atoms with Crippen LogP contribution in [0.5, 0.6) is 0 Å². The van der Waals surface area contributed by atoms with E-state index in [1.807, 2.05) is 47.0 Å². The van der Waals surface area contributed by atoms with Crippen molar-refractivity contribution in [1.29, 1.82) is 0 Å². The van der Waals surface area contributed by atoms with Gasteiger partial charge in [-0.05, 0) is 52.4 Å². The van der Waals surface area contributed by atoms with Crippen molar-refractivity contribution in [2.45, 2.75) is 0 Å². The maximum absolute atomic E-state index is 5.38. The van der Waals surface area contributed by atoms with E-state index in [2.05, 4.69) is 27.0 Å². The topological polar surface area (TPSA) is 20.7 Å². The minimum atomic E-state index is 0.707. The van der Waals surface area contributed by atoms with Crippen molar-refractivity contribution in [3.8, 4) is 5.69 Å². The number of imidazole rings is 1. The van der Waals surface area contributed by atoms with Crippen LogP contribution in [0.1, 0.15) is 0 Å². The Labute approximate surface area is 112 Å². The summed E-state index contributed by atoms with van der Waals surface area (Å²) >= 11 is 8.94. The lowest BCUT2D eigenvalue weighted by molar-refractivity contribution is 1.06. The Balaban J connectivity index is 2.42. The Morgan fingerprint density at radius 1 is 1.00 bits per heavy atom. The van der Waals surface area contributed by atoms with Crippen LogP contribution in [0.2, 0.25) is 0 Å². The molecule has 1 heterocycles. The second-order valence-electron chi connectivity index (χ2n) is 3.73. The van der Waals surface area contributed by atoms with Crippen LogP contribution in [0.4, 0.5) is 0 Å². The molecule has 0 bridgehead atoms. The van der Waals surface area contributed by atoms with Gasteiger partial charge in [-0.15, -0.1) is 0 Å². The molecule has 4 heteroatoms. The second-order valence-corrected chi connectivity index (χ2v) is 4.98. The average molecular weight is 305 g/mol. The van der Waals surface area contributed by atoms with Crippen LogP contribution in [0.25, 0.3) is 16.7 Å². The summed E-state index contributed by atoms with van der Waals surface area (Å²) in [7, 11) is 0. The molecule has 0 radical (unpaired) electrons. The molecule has 2 nitrogen and oxygen atoms in total. The number of aromatic nitrogens is 2. The van der Waals surface area contributed by atoms with E-state index >= 15 is 0 Å². The summed E-state index contributed by atoms with van der Waals surface area (Å²) < 4.78 is 3.77. The van der Waals surface area contributed by atoms with E-state index in [1.165, 1.54) is 0 Å². The third kappa shape index (κ3) is 1.73. The van der Waals surface area contributed by atoms with Crippen molar-refractivity contribution in [2.24, 2.45) is 0 Å². The molecule has 0 saturated carbocycles. The van der Waals surface area contributed by atoms with Crippen LogP contribution in [-0.4, -0.2) is 9.55 Å². The zero-order valence-electron chi connectivity index (χ0n) is 8.85. The number of nitrogens with one attached hydrogen (secondary N) is 1. The van der Waals surface area contributed by atoms with Gasteiger partial charge in [0.2, 0.25) is 0 Å². The fraction of sp³-hybridized carbons (Fsp3) is 0. The molecule has 0 aliphatic carbocycles. The number of hydrogen-bond donors (Lipinski definition) is 1. The van der Waals surface area contributed by atoms with E-state index in [1.54, 1.807) is 0 Å². The third-order valence-electron chi connectivity index (χ3n) is 2.68. The molecule has 1 aromatic heterocycles. The molecule has 0 amide bonds. The first-order valence-corrected chi connectivity index (χ1v) is 6.42.